The van der Waals surface area contributed by atoms with Crippen LogP contribution in [0.25, 0.3) is 28.6 Å². The average molecular weight is 450 g/mol. The first-order chi connectivity index (χ1) is 15.3. The van der Waals surface area contributed by atoms with Gasteiger partial charge in [-0.05, 0) is 49.2 Å². The van der Waals surface area contributed by atoms with Crippen LogP contribution in [0.2, 0.25) is 0 Å². The molecule has 4 aromatic rings. The van der Waals surface area contributed by atoms with E-state index >= 15 is 0 Å². The highest BCUT2D eigenvalue weighted by Crippen LogP contribution is 2.28. The first kappa shape index (κ1) is 21.6. The highest BCUT2D eigenvalue weighted by Gasteiger charge is 2.18. The van der Waals surface area contributed by atoms with Gasteiger partial charge in [0.2, 0.25) is 0 Å². The van der Waals surface area contributed by atoms with Gasteiger partial charge >= 0.3 is 0 Å². The Morgan fingerprint density at radius 3 is 2.53 bits per heavy atom. The van der Waals surface area contributed by atoms with Crippen LogP contribution in [-0.4, -0.2) is 39.0 Å². The second-order valence-corrected chi connectivity index (χ2v) is 8.38. The second-order valence-electron chi connectivity index (χ2n) is 7.49. The summed E-state index contributed by atoms with van der Waals surface area (Å²) in [6.07, 6.45) is 1.65. The molecule has 9 nitrogen and oxygen atoms in total. The maximum absolute atomic E-state index is 12.2. The predicted molar refractivity (Wildman–Crippen MR) is 120 cm³/mol. The smallest absolute Gasteiger partial charge is 0.265 e. The van der Waals surface area contributed by atoms with E-state index in [-0.39, 0.29) is 17.5 Å². The topological polar surface area (TPSA) is 132 Å². The van der Waals surface area contributed by atoms with Crippen molar-refractivity contribution in [1.29, 1.82) is 0 Å². The van der Waals surface area contributed by atoms with Crippen molar-refractivity contribution in [2.45, 2.75) is 25.6 Å². The number of rotatable bonds is 7. The molecule has 164 valence electrons. The van der Waals surface area contributed by atoms with Crippen molar-refractivity contribution >= 4 is 17.0 Å². The molecular formula is C22H21N6O3S-. The number of amides is 1. The minimum absolute atomic E-state index is 0.0615. The molecule has 3 aromatic heterocycles. The van der Waals surface area contributed by atoms with Gasteiger partial charge in [0, 0.05) is 11.8 Å². The van der Waals surface area contributed by atoms with Gasteiger partial charge in [-0.15, -0.1) is 10.2 Å². The zero-order valence-corrected chi connectivity index (χ0v) is 18.3. The largest absolute Gasteiger partial charge is 0.772 e. The lowest BCUT2D eigenvalue weighted by molar-refractivity contribution is 0.0994. The first-order valence-electron chi connectivity index (χ1n) is 9.89. The van der Waals surface area contributed by atoms with Crippen LogP contribution >= 0.6 is 0 Å². The molecule has 0 bridgehead atoms. The van der Waals surface area contributed by atoms with Crippen molar-refractivity contribution in [3.05, 3.63) is 72.2 Å². The lowest BCUT2D eigenvalue weighted by Crippen LogP contribution is -2.17. The second kappa shape index (κ2) is 8.85. The Balaban J connectivity index is 1.82. The Hall–Kier alpha value is -3.63. The van der Waals surface area contributed by atoms with Gasteiger partial charge in [-0.1, -0.05) is 41.4 Å². The molecule has 32 heavy (non-hydrogen) atoms. The summed E-state index contributed by atoms with van der Waals surface area (Å²) >= 11 is -2.17. The number of carbonyl (C=O) groups excluding carboxylic acids is 1. The monoisotopic (exact) mass is 449 g/mol. The summed E-state index contributed by atoms with van der Waals surface area (Å²) in [5, 5.41) is 8.20. The fourth-order valence-corrected chi connectivity index (χ4v) is 3.95. The zero-order chi connectivity index (χ0) is 22.8. The fraction of sp³-hybridized carbons (Fsp3) is 0.182. The van der Waals surface area contributed by atoms with Crippen LogP contribution in [0.3, 0.4) is 0 Å². The van der Waals surface area contributed by atoms with Crippen LogP contribution in [0, 0.1) is 0 Å². The summed E-state index contributed by atoms with van der Waals surface area (Å²) in [4.78, 5) is 16.9. The van der Waals surface area contributed by atoms with Gasteiger partial charge in [-0.2, -0.15) is 0 Å². The Kier molecular flexibility index (Phi) is 5.97. The van der Waals surface area contributed by atoms with E-state index in [1.165, 1.54) is 0 Å². The summed E-state index contributed by atoms with van der Waals surface area (Å²) in [7, 11) is 0. The highest BCUT2D eigenvalue weighted by atomic mass is 32.2. The van der Waals surface area contributed by atoms with Crippen LogP contribution in [0.5, 0.6) is 0 Å². The van der Waals surface area contributed by atoms with Crippen molar-refractivity contribution in [3.63, 3.8) is 0 Å². The van der Waals surface area contributed by atoms with Crippen molar-refractivity contribution in [1.82, 2.24) is 24.3 Å². The molecule has 0 aliphatic rings. The molecule has 1 amide bonds. The van der Waals surface area contributed by atoms with E-state index in [0.717, 1.165) is 5.56 Å². The van der Waals surface area contributed by atoms with Gasteiger partial charge in [0.1, 0.15) is 23.5 Å². The Bertz CT molecular complexity index is 1290. The molecule has 0 radical (unpaired) electrons. The number of hydrogen-bond acceptors (Lipinski definition) is 6. The van der Waals surface area contributed by atoms with Crippen molar-refractivity contribution < 1.29 is 13.6 Å². The molecule has 10 heteroatoms. The number of nitrogens with two attached hydrogens (primary N) is 1. The van der Waals surface area contributed by atoms with Crippen LogP contribution in [0.4, 0.5) is 0 Å². The van der Waals surface area contributed by atoms with E-state index < -0.39 is 17.0 Å². The molecule has 1 unspecified atom stereocenters. The molecule has 0 aliphatic carbocycles. The van der Waals surface area contributed by atoms with Crippen LogP contribution in [0.1, 0.15) is 35.9 Å². The number of nitrogens with zero attached hydrogens (tertiary/aromatic N) is 5. The predicted octanol–water partition coefficient (Wildman–Crippen LogP) is 2.86. The molecule has 1 atom stereocenters. The zero-order valence-electron chi connectivity index (χ0n) is 17.5. The number of primary amides is 1. The number of hydrogen-bond donors (Lipinski definition) is 1. The third kappa shape index (κ3) is 4.23. The van der Waals surface area contributed by atoms with Gasteiger partial charge in [0.15, 0.2) is 5.82 Å². The van der Waals surface area contributed by atoms with Gasteiger partial charge in [0.05, 0.1) is 5.69 Å². The van der Waals surface area contributed by atoms with Crippen LogP contribution in [-0.2, 0) is 16.8 Å². The molecule has 0 fully saturated rings. The molecule has 0 aliphatic heterocycles. The van der Waals surface area contributed by atoms with Gasteiger partial charge in [-0.25, -0.2) is 4.98 Å². The Morgan fingerprint density at radius 2 is 1.88 bits per heavy atom. The fourth-order valence-electron chi connectivity index (χ4n) is 3.49. The molecule has 3 heterocycles. The standard InChI is InChI=1S/C22H22N6O3S/c1-14(2)27-13-24-26-22(27)17-4-3-5-20(25-17)28-18(10-11-19(28)21(23)29)16-8-6-15(7-9-16)12-32(30)31/h3-11,13-14H,12H2,1-2H3,(H2,23,29)(H,30,31)/p-1. The van der Waals surface area contributed by atoms with E-state index in [1.54, 1.807) is 53.4 Å². The molecule has 2 N–H and O–H groups in total. The maximum atomic E-state index is 12.2. The van der Waals surface area contributed by atoms with E-state index in [1.807, 2.05) is 30.5 Å². The number of benzene rings is 1. The normalized spacial score (nSPS) is 12.2. The quantitative estimate of drug-likeness (QED) is 0.432. The summed E-state index contributed by atoms with van der Waals surface area (Å²) in [5.74, 6) is 0.464. The summed E-state index contributed by atoms with van der Waals surface area (Å²) in [6.45, 7) is 4.05. The Morgan fingerprint density at radius 1 is 1.12 bits per heavy atom. The first-order valence-corrected chi connectivity index (χ1v) is 11.1. The van der Waals surface area contributed by atoms with Crippen LogP contribution in [0.15, 0.2) is 60.9 Å². The van der Waals surface area contributed by atoms with E-state index in [0.29, 0.717) is 28.6 Å². The summed E-state index contributed by atoms with van der Waals surface area (Å²) < 4.78 is 25.5. The molecule has 0 saturated carbocycles. The average Bonchev–Trinajstić information content (AvgIpc) is 3.42. The molecular weight excluding hydrogens is 428 g/mol. The van der Waals surface area contributed by atoms with Gasteiger partial charge in [-0.3, -0.25) is 13.6 Å². The summed E-state index contributed by atoms with van der Waals surface area (Å²) in [6, 6.07) is 16.1. The maximum Gasteiger partial charge on any atom is 0.265 e. The number of aromatic nitrogens is 5. The molecule has 0 spiro atoms. The van der Waals surface area contributed by atoms with Crippen molar-refractivity contribution in [2.24, 2.45) is 5.73 Å². The van der Waals surface area contributed by atoms with E-state index in [4.69, 9.17) is 10.7 Å². The van der Waals surface area contributed by atoms with Gasteiger partial charge < -0.3 is 14.9 Å². The summed E-state index contributed by atoms with van der Waals surface area (Å²) in [5.41, 5.74) is 8.68. The van der Waals surface area contributed by atoms with Crippen molar-refractivity contribution in [3.8, 4) is 28.6 Å². The van der Waals surface area contributed by atoms with E-state index in [9.17, 15) is 13.6 Å². The third-order valence-corrected chi connectivity index (χ3v) is 5.56. The Labute approximate surface area is 187 Å². The van der Waals surface area contributed by atoms with Gasteiger partial charge in [0.25, 0.3) is 5.91 Å². The molecule has 0 saturated heterocycles. The SMILES string of the molecule is CC(C)n1cnnc1-c1cccc(-n2c(C(N)=O)ccc2-c2ccc(CS(=O)[O-])cc2)n1. The third-order valence-electron chi connectivity index (χ3n) is 4.99. The highest BCUT2D eigenvalue weighted by molar-refractivity contribution is 7.78. The number of pyridine rings is 1. The molecule has 4 rings (SSSR count). The minimum Gasteiger partial charge on any atom is -0.772 e. The lowest BCUT2D eigenvalue weighted by Gasteiger charge is -2.14. The van der Waals surface area contributed by atoms with E-state index in [2.05, 4.69) is 10.2 Å². The molecule has 1 aromatic carbocycles. The minimum atomic E-state index is -2.17. The van der Waals surface area contributed by atoms with Crippen LogP contribution < -0.4 is 5.73 Å². The number of carbonyl (C=O) groups is 1. The lowest BCUT2D eigenvalue weighted by atomic mass is 10.1. The van der Waals surface area contributed by atoms with Crippen molar-refractivity contribution in [2.75, 3.05) is 0 Å².